The molecule has 0 aliphatic rings. The lowest BCUT2D eigenvalue weighted by atomic mass is 9.87. The van der Waals surface area contributed by atoms with Crippen molar-refractivity contribution in [2.45, 2.75) is 155 Å². The molecule has 0 fully saturated rings. The van der Waals surface area contributed by atoms with Gasteiger partial charge in [0.15, 0.2) is 0 Å². The number of aliphatic hydroxyl groups excluding tert-OH is 1. The number of hydrogen-bond acceptors (Lipinski definition) is 4. The summed E-state index contributed by atoms with van der Waals surface area (Å²) in [6, 6.07) is 0. The van der Waals surface area contributed by atoms with E-state index >= 15 is 0 Å². The predicted octanol–water partition coefficient (Wildman–Crippen LogP) is 7.60. The van der Waals surface area contributed by atoms with Crippen molar-refractivity contribution >= 4 is 7.60 Å². The molecule has 6 nitrogen and oxygen atoms in total. The number of ether oxygens (including phenoxy) is 1. The fraction of sp³-hybridized carbons (Fsp3) is 1.00. The summed E-state index contributed by atoms with van der Waals surface area (Å²) in [6.45, 7) is 10.3. The van der Waals surface area contributed by atoms with Gasteiger partial charge < -0.3 is 19.6 Å². The summed E-state index contributed by atoms with van der Waals surface area (Å²) in [7, 11) is -4.32. The summed E-state index contributed by atoms with van der Waals surface area (Å²) in [5, 5.41) is 11.7. The minimum atomic E-state index is -4.32. The molecule has 0 aromatic heterocycles. The second-order valence-electron chi connectivity index (χ2n) is 10.2. The molecule has 0 saturated carbocycles. The van der Waals surface area contributed by atoms with Crippen LogP contribution in [0.2, 0.25) is 0 Å². The molecule has 0 spiro atoms. The first-order valence-electron chi connectivity index (χ1n) is 14.4. The molecule has 34 heavy (non-hydrogen) atoms. The molecule has 0 aromatic carbocycles. The average molecular weight is 508 g/mol. The van der Waals surface area contributed by atoms with Crippen molar-refractivity contribution in [2.75, 3.05) is 19.4 Å². The summed E-state index contributed by atoms with van der Waals surface area (Å²) >= 11 is 0. The first kappa shape index (κ1) is 34.0. The van der Waals surface area contributed by atoms with E-state index in [1.165, 1.54) is 51.4 Å². The zero-order valence-electron chi connectivity index (χ0n) is 23.0. The van der Waals surface area contributed by atoms with E-state index in [2.05, 4.69) is 32.6 Å². The van der Waals surface area contributed by atoms with Crippen LogP contribution in [0.3, 0.4) is 0 Å². The SMILES string of the molecule is CCCCCCCCN(CCCCCCCC)C(O)C(CCCC)(CCCC)OCP(=O)(O)O. The van der Waals surface area contributed by atoms with Crippen LogP contribution in [0.4, 0.5) is 0 Å². The Kier molecular flexibility index (Phi) is 21.2. The molecule has 0 bridgehead atoms. The molecule has 0 saturated heterocycles. The molecule has 0 aromatic rings. The van der Waals surface area contributed by atoms with Crippen molar-refractivity contribution in [3.8, 4) is 0 Å². The minimum Gasteiger partial charge on any atom is -0.375 e. The molecule has 0 amide bonds. The van der Waals surface area contributed by atoms with Crippen LogP contribution in [-0.4, -0.2) is 51.1 Å². The molecule has 0 aliphatic carbocycles. The van der Waals surface area contributed by atoms with Gasteiger partial charge >= 0.3 is 7.60 Å². The van der Waals surface area contributed by atoms with Gasteiger partial charge in [-0.15, -0.1) is 0 Å². The van der Waals surface area contributed by atoms with Crippen LogP contribution in [-0.2, 0) is 9.30 Å². The summed E-state index contributed by atoms with van der Waals surface area (Å²) in [4.78, 5) is 21.2. The van der Waals surface area contributed by atoms with Crippen LogP contribution < -0.4 is 0 Å². The average Bonchev–Trinajstić information content (AvgIpc) is 2.81. The van der Waals surface area contributed by atoms with Gasteiger partial charge in [0.25, 0.3) is 0 Å². The third-order valence-corrected chi connectivity index (χ3v) is 7.31. The van der Waals surface area contributed by atoms with E-state index in [0.717, 1.165) is 64.5 Å². The van der Waals surface area contributed by atoms with Gasteiger partial charge in [-0.3, -0.25) is 9.46 Å². The maximum atomic E-state index is 11.7. The van der Waals surface area contributed by atoms with Gasteiger partial charge in [0.2, 0.25) is 0 Å². The minimum absolute atomic E-state index is 0.619. The van der Waals surface area contributed by atoms with Gasteiger partial charge in [0, 0.05) is 13.1 Å². The zero-order chi connectivity index (χ0) is 25.7. The van der Waals surface area contributed by atoms with Crippen LogP contribution in [0.25, 0.3) is 0 Å². The molecular formula is C27H58NO5P. The van der Waals surface area contributed by atoms with E-state index in [-0.39, 0.29) is 0 Å². The van der Waals surface area contributed by atoms with Crippen LogP contribution in [0, 0.1) is 0 Å². The second-order valence-corrected chi connectivity index (χ2v) is 11.7. The summed E-state index contributed by atoms with van der Waals surface area (Å²) in [5.41, 5.74) is -0.933. The largest absolute Gasteiger partial charge is 0.375 e. The lowest BCUT2D eigenvalue weighted by Gasteiger charge is -2.43. The first-order chi connectivity index (χ1) is 16.3. The monoisotopic (exact) mass is 507 g/mol. The number of rotatable bonds is 25. The highest BCUT2D eigenvalue weighted by Gasteiger charge is 2.42. The van der Waals surface area contributed by atoms with Crippen molar-refractivity contribution in [1.82, 2.24) is 4.90 Å². The van der Waals surface area contributed by atoms with Gasteiger partial charge in [-0.25, -0.2) is 0 Å². The van der Waals surface area contributed by atoms with Crippen molar-refractivity contribution < 1.29 is 24.2 Å². The Morgan fingerprint density at radius 3 is 1.44 bits per heavy atom. The Bertz CT molecular complexity index is 475. The lowest BCUT2D eigenvalue weighted by molar-refractivity contribution is -0.182. The maximum absolute atomic E-state index is 11.7. The van der Waals surface area contributed by atoms with E-state index in [9.17, 15) is 19.5 Å². The molecular weight excluding hydrogens is 449 g/mol. The first-order valence-corrected chi connectivity index (χ1v) is 16.2. The fourth-order valence-corrected chi connectivity index (χ4v) is 5.07. The van der Waals surface area contributed by atoms with Crippen molar-refractivity contribution in [3.63, 3.8) is 0 Å². The molecule has 206 valence electrons. The van der Waals surface area contributed by atoms with Gasteiger partial charge in [-0.05, 0) is 25.7 Å². The van der Waals surface area contributed by atoms with E-state index in [4.69, 9.17) is 4.74 Å². The van der Waals surface area contributed by atoms with Crippen molar-refractivity contribution in [2.24, 2.45) is 0 Å². The third kappa shape index (κ3) is 16.7. The quantitative estimate of drug-likeness (QED) is 0.0669. The summed E-state index contributed by atoms with van der Waals surface area (Å²) < 4.78 is 17.7. The molecule has 3 N–H and O–H groups in total. The van der Waals surface area contributed by atoms with E-state index in [1.54, 1.807) is 0 Å². The smallest absolute Gasteiger partial charge is 0.351 e. The topological polar surface area (TPSA) is 90.2 Å². The Balaban J connectivity index is 5.42. The predicted molar refractivity (Wildman–Crippen MR) is 144 cm³/mol. The Hall–Kier alpha value is 0.0300. The van der Waals surface area contributed by atoms with E-state index < -0.39 is 25.8 Å². The Labute approximate surface area is 211 Å². The normalized spacial score (nSPS) is 13.6. The van der Waals surface area contributed by atoms with Crippen LogP contribution >= 0.6 is 7.60 Å². The standard InChI is InChI=1S/C27H58NO5P/c1-5-9-13-15-17-19-23-28(24-20-18-16-14-10-6-2)26(29)27(21-11-7-3,22-12-8-4)33-25-34(30,31)32/h26,29H,5-25H2,1-4H3,(H2,30,31,32). The van der Waals surface area contributed by atoms with E-state index in [1.807, 2.05) is 0 Å². The van der Waals surface area contributed by atoms with Crippen molar-refractivity contribution in [1.29, 1.82) is 0 Å². The number of aliphatic hydroxyl groups is 1. The zero-order valence-corrected chi connectivity index (χ0v) is 23.9. The van der Waals surface area contributed by atoms with Gasteiger partial charge in [0.05, 0.1) is 0 Å². The van der Waals surface area contributed by atoms with Gasteiger partial charge in [-0.1, -0.05) is 118 Å². The van der Waals surface area contributed by atoms with Gasteiger partial charge in [0.1, 0.15) is 18.2 Å². The highest BCUT2D eigenvalue weighted by Crippen LogP contribution is 2.40. The Morgan fingerprint density at radius 2 is 1.06 bits per heavy atom. The van der Waals surface area contributed by atoms with E-state index in [0.29, 0.717) is 12.8 Å². The molecule has 7 heteroatoms. The highest BCUT2D eigenvalue weighted by molar-refractivity contribution is 7.51. The molecule has 0 rings (SSSR count). The summed E-state index contributed by atoms with van der Waals surface area (Å²) in [6.07, 6.45) is 17.8. The van der Waals surface area contributed by atoms with Crippen LogP contribution in [0.5, 0.6) is 0 Å². The maximum Gasteiger partial charge on any atom is 0.351 e. The number of hydrogen-bond donors (Lipinski definition) is 3. The molecule has 1 unspecified atom stereocenters. The molecule has 0 heterocycles. The third-order valence-electron chi connectivity index (χ3n) is 6.84. The highest BCUT2D eigenvalue weighted by atomic mass is 31.2. The molecule has 0 aliphatic heterocycles. The molecule has 1 atom stereocenters. The van der Waals surface area contributed by atoms with Crippen LogP contribution in [0.15, 0.2) is 0 Å². The number of unbranched alkanes of at least 4 members (excludes halogenated alkanes) is 12. The van der Waals surface area contributed by atoms with Gasteiger partial charge in [-0.2, -0.15) is 0 Å². The Morgan fingerprint density at radius 1 is 0.676 bits per heavy atom. The van der Waals surface area contributed by atoms with Crippen LogP contribution in [0.1, 0.15) is 143 Å². The van der Waals surface area contributed by atoms with Crippen molar-refractivity contribution in [3.05, 3.63) is 0 Å². The number of nitrogens with zero attached hydrogens (tertiary/aromatic N) is 1. The molecule has 0 radical (unpaired) electrons. The second kappa shape index (κ2) is 21.1. The fourth-order valence-electron chi connectivity index (χ4n) is 4.65. The lowest BCUT2D eigenvalue weighted by Crippen LogP contribution is -2.55. The summed E-state index contributed by atoms with van der Waals surface area (Å²) in [5.74, 6) is 0.